The molecule has 134 valence electrons. The second-order valence-corrected chi connectivity index (χ2v) is 7.14. The van der Waals surface area contributed by atoms with Crippen LogP contribution >= 0.6 is 22.6 Å². The van der Waals surface area contributed by atoms with Crippen LogP contribution in [-0.4, -0.2) is 30.2 Å². The highest BCUT2D eigenvalue weighted by atomic mass is 127. The number of methoxy groups -OCH3 is 1. The Morgan fingerprint density at radius 3 is 2.96 bits per heavy atom. The smallest absolute Gasteiger partial charge is 0.305 e. The number of fused-ring (bicyclic) bond motifs is 1. The number of esters is 1. The van der Waals surface area contributed by atoms with Gasteiger partial charge in [0.2, 0.25) is 0 Å². The topological polar surface area (TPSA) is 44.8 Å². The fourth-order valence-corrected chi connectivity index (χ4v) is 3.30. The van der Waals surface area contributed by atoms with Crippen molar-refractivity contribution in [2.24, 2.45) is 0 Å². The van der Waals surface area contributed by atoms with Gasteiger partial charge in [-0.3, -0.25) is 4.79 Å². The maximum atomic E-state index is 11.4. The Hall–Kier alpha value is -0.980. The Morgan fingerprint density at radius 1 is 1.42 bits per heavy atom. The molecule has 1 unspecified atom stereocenters. The van der Waals surface area contributed by atoms with Crippen molar-refractivity contribution in [3.8, 4) is 11.5 Å². The summed E-state index contributed by atoms with van der Waals surface area (Å²) >= 11 is 2.37. The normalized spacial score (nSPS) is 16.2. The van der Waals surface area contributed by atoms with E-state index in [1.54, 1.807) is 0 Å². The van der Waals surface area contributed by atoms with E-state index in [0.29, 0.717) is 12.8 Å². The number of benzene rings is 1. The van der Waals surface area contributed by atoms with E-state index in [1.807, 2.05) is 0 Å². The molecule has 1 heterocycles. The molecule has 0 saturated heterocycles. The molecule has 0 fully saturated rings. The summed E-state index contributed by atoms with van der Waals surface area (Å²) in [6.45, 7) is 2.91. The summed E-state index contributed by atoms with van der Waals surface area (Å²) in [6.07, 6.45) is 6.18. The molecule has 24 heavy (non-hydrogen) atoms. The predicted molar refractivity (Wildman–Crippen MR) is 103 cm³/mol. The molecule has 1 aliphatic heterocycles. The number of alkyl halides is 1. The molecule has 0 saturated carbocycles. The molecule has 1 atom stereocenters. The van der Waals surface area contributed by atoms with Crippen LogP contribution in [0.2, 0.25) is 0 Å². The van der Waals surface area contributed by atoms with Gasteiger partial charge in [0.1, 0.15) is 11.5 Å². The number of hydrogen-bond acceptors (Lipinski definition) is 4. The van der Waals surface area contributed by atoms with Gasteiger partial charge in [-0.25, -0.2) is 0 Å². The lowest BCUT2D eigenvalue weighted by atomic mass is 9.95. The Morgan fingerprint density at radius 2 is 2.25 bits per heavy atom. The van der Waals surface area contributed by atoms with Crippen molar-refractivity contribution in [2.75, 3.05) is 18.1 Å². The number of hydrogen-bond donors (Lipinski definition) is 0. The number of rotatable bonds is 9. The van der Waals surface area contributed by atoms with Gasteiger partial charge in [0.15, 0.2) is 0 Å². The largest absolute Gasteiger partial charge is 0.493 e. The fraction of sp³-hybridized carbons (Fsp3) is 0.632. The van der Waals surface area contributed by atoms with Gasteiger partial charge in [0.25, 0.3) is 0 Å². The van der Waals surface area contributed by atoms with E-state index in [9.17, 15) is 4.79 Å². The zero-order chi connectivity index (χ0) is 17.4. The summed E-state index contributed by atoms with van der Waals surface area (Å²) < 4.78 is 18.1. The Bertz CT molecular complexity index is 544. The molecule has 2 rings (SSSR count). The molecular formula is C19H27IO4. The third-order valence-corrected chi connectivity index (χ3v) is 5.02. The molecule has 0 N–H and O–H groups in total. The summed E-state index contributed by atoms with van der Waals surface area (Å²) in [5, 5.41) is 0. The van der Waals surface area contributed by atoms with E-state index in [-0.39, 0.29) is 12.1 Å². The van der Waals surface area contributed by atoms with E-state index in [0.717, 1.165) is 54.6 Å². The van der Waals surface area contributed by atoms with E-state index in [2.05, 4.69) is 41.6 Å². The molecule has 0 spiro atoms. The highest BCUT2D eigenvalue weighted by Gasteiger charge is 2.25. The highest BCUT2D eigenvalue weighted by Crippen LogP contribution is 2.38. The third kappa shape index (κ3) is 5.26. The summed E-state index contributed by atoms with van der Waals surface area (Å²) in [6, 6.07) is 4.22. The molecule has 1 aromatic carbocycles. The van der Waals surface area contributed by atoms with Crippen molar-refractivity contribution in [3.05, 3.63) is 23.3 Å². The Labute approximate surface area is 158 Å². The average molecular weight is 446 g/mol. The molecule has 1 aliphatic rings. The number of carbonyl (C=O) groups excluding carboxylic acids is 1. The van der Waals surface area contributed by atoms with Gasteiger partial charge in [-0.2, -0.15) is 0 Å². The summed E-state index contributed by atoms with van der Waals surface area (Å²) in [7, 11) is 1.43. The number of aryl methyl sites for hydroxylation is 1. The number of carbonyl (C=O) groups is 1. The van der Waals surface area contributed by atoms with Gasteiger partial charge in [0, 0.05) is 16.4 Å². The van der Waals surface area contributed by atoms with Gasteiger partial charge in [-0.15, -0.1) is 0 Å². The fourth-order valence-electron chi connectivity index (χ4n) is 2.99. The zero-order valence-corrected chi connectivity index (χ0v) is 16.8. The zero-order valence-electron chi connectivity index (χ0n) is 14.6. The van der Waals surface area contributed by atoms with Crippen LogP contribution in [-0.2, 0) is 22.4 Å². The first-order valence-corrected chi connectivity index (χ1v) is 10.3. The average Bonchev–Trinajstić information content (AvgIpc) is 2.61. The van der Waals surface area contributed by atoms with Crippen LogP contribution in [0.25, 0.3) is 0 Å². The van der Waals surface area contributed by atoms with Crippen LogP contribution < -0.4 is 9.47 Å². The lowest BCUT2D eigenvalue weighted by molar-refractivity contribution is -0.141. The molecule has 1 aromatic rings. The van der Waals surface area contributed by atoms with E-state index < -0.39 is 0 Å². The van der Waals surface area contributed by atoms with Crippen molar-refractivity contribution >= 4 is 28.6 Å². The maximum Gasteiger partial charge on any atom is 0.305 e. The molecule has 0 aromatic heterocycles. The van der Waals surface area contributed by atoms with E-state index >= 15 is 0 Å². The van der Waals surface area contributed by atoms with Crippen molar-refractivity contribution in [1.82, 2.24) is 0 Å². The molecule has 4 nitrogen and oxygen atoms in total. The standard InChI is InChI=1S/C19H27IO4/c1-3-5-16-17(23-13-4-12-20)10-7-14-6-8-15(24-19(14)16)9-11-18(21)22-2/h7,10,15H,3-6,8-9,11-13H2,1-2H3. The van der Waals surface area contributed by atoms with Crippen molar-refractivity contribution in [1.29, 1.82) is 0 Å². The van der Waals surface area contributed by atoms with E-state index in [1.165, 1.54) is 18.2 Å². The van der Waals surface area contributed by atoms with Crippen LogP contribution in [0.3, 0.4) is 0 Å². The minimum atomic E-state index is -0.172. The second-order valence-electron chi connectivity index (χ2n) is 6.06. The SMILES string of the molecule is CCCc1c(OCCCI)ccc2c1OC(CCC(=O)OC)CC2. The molecule has 0 amide bonds. The maximum absolute atomic E-state index is 11.4. The summed E-state index contributed by atoms with van der Waals surface area (Å²) in [5.41, 5.74) is 2.44. The van der Waals surface area contributed by atoms with Crippen LogP contribution in [0.1, 0.15) is 50.2 Å². The van der Waals surface area contributed by atoms with Crippen molar-refractivity contribution in [2.45, 2.75) is 58.0 Å². The van der Waals surface area contributed by atoms with Crippen LogP contribution in [0.5, 0.6) is 11.5 Å². The summed E-state index contributed by atoms with van der Waals surface area (Å²) in [5.74, 6) is 1.77. The first-order valence-electron chi connectivity index (χ1n) is 8.76. The van der Waals surface area contributed by atoms with Gasteiger partial charge >= 0.3 is 5.97 Å². The van der Waals surface area contributed by atoms with Gasteiger partial charge in [-0.1, -0.05) is 42.0 Å². The van der Waals surface area contributed by atoms with Crippen molar-refractivity contribution in [3.63, 3.8) is 0 Å². The number of halogens is 1. The van der Waals surface area contributed by atoms with Crippen LogP contribution in [0.15, 0.2) is 12.1 Å². The second kappa shape index (κ2) is 10.1. The predicted octanol–water partition coefficient (Wildman–Crippen LogP) is 4.49. The molecule has 0 aliphatic carbocycles. The minimum Gasteiger partial charge on any atom is -0.493 e. The first kappa shape index (κ1) is 19.3. The summed E-state index contributed by atoms with van der Waals surface area (Å²) in [4.78, 5) is 11.4. The van der Waals surface area contributed by atoms with Crippen LogP contribution in [0, 0.1) is 0 Å². The lowest BCUT2D eigenvalue weighted by Crippen LogP contribution is -2.25. The first-order chi connectivity index (χ1) is 11.7. The highest BCUT2D eigenvalue weighted by molar-refractivity contribution is 14.1. The molecule has 5 heteroatoms. The minimum absolute atomic E-state index is 0.0804. The van der Waals surface area contributed by atoms with Crippen LogP contribution in [0.4, 0.5) is 0 Å². The molecular weight excluding hydrogens is 419 g/mol. The molecule has 0 radical (unpaired) electrons. The third-order valence-electron chi connectivity index (χ3n) is 4.25. The van der Waals surface area contributed by atoms with Crippen molar-refractivity contribution < 1.29 is 19.0 Å². The van der Waals surface area contributed by atoms with E-state index in [4.69, 9.17) is 14.2 Å². The van der Waals surface area contributed by atoms with Gasteiger partial charge < -0.3 is 14.2 Å². The Kier molecular flexibility index (Phi) is 8.15. The quantitative estimate of drug-likeness (QED) is 0.243. The lowest BCUT2D eigenvalue weighted by Gasteiger charge is -2.29. The Balaban J connectivity index is 2.13. The number of ether oxygens (including phenoxy) is 3. The van der Waals surface area contributed by atoms with Gasteiger partial charge in [-0.05, 0) is 43.7 Å². The monoisotopic (exact) mass is 446 g/mol. The van der Waals surface area contributed by atoms with Gasteiger partial charge in [0.05, 0.1) is 19.8 Å². The molecule has 0 bridgehead atoms.